The quantitative estimate of drug-likeness (QED) is 0.790. The number of hydrogen-bond acceptors (Lipinski definition) is 2. The highest BCUT2D eigenvalue weighted by atomic mass is 19.1. The Morgan fingerprint density at radius 3 is 2.54 bits per heavy atom. The number of carbonyl (C=O) groups excluding carboxylic acids is 2. The second-order valence-corrected chi connectivity index (χ2v) is 5.85. The Labute approximate surface area is 139 Å². The summed E-state index contributed by atoms with van der Waals surface area (Å²) < 4.78 is 13.5. The van der Waals surface area contributed by atoms with Crippen molar-refractivity contribution in [2.24, 2.45) is 0 Å². The van der Waals surface area contributed by atoms with Gasteiger partial charge in [-0.15, -0.1) is 0 Å². The van der Waals surface area contributed by atoms with Crippen LogP contribution in [0.25, 0.3) is 0 Å². The van der Waals surface area contributed by atoms with Crippen LogP contribution in [0.4, 0.5) is 14.9 Å². The second kappa shape index (κ2) is 7.23. The van der Waals surface area contributed by atoms with Gasteiger partial charge in [-0.1, -0.05) is 36.4 Å². The fourth-order valence-electron chi connectivity index (χ4n) is 2.91. The molecule has 0 aromatic heterocycles. The smallest absolute Gasteiger partial charge is 0.323 e. The molecule has 124 valence electrons. The summed E-state index contributed by atoms with van der Waals surface area (Å²) >= 11 is 0. The van der Waals surface area contributed by atoms with Crippen LogP contribution in [0.15, 0.2) is 48.5 Å². The molecule has 0 radical (unpaired) electrons. The van der Waals surface area contributed by atoms with Crippen molar-refractivity contribution in [2.45, 2.75) is 13.0 Å². The van der Waals surface area contributed by atoms with Crippen molar-refractivity contribution in [1.82, 2.24) is 5.32 Å². The zero-order valence-electron chi connectivity index (χ0n) is 13.1. The highest BCUT2D eigenvalue weighted by Gasteiger charge is 2.22. The SMILES string of the molecule is O=C(C[NH+]1CCc2ccccc2C1)NC(=O)Nc1ccccc1F. The van der Waals surface area contributed by atoms with Gasteiger partial charge in [-0.2, -0.15) is 0 Å². The molecule has 5 nitrogen and oxygen atoms in total. The molecule has 1 aliphatic heterocycles. The standard InChI is InChI=1S/C18H18FN3O2/c19-15-7-3-4-8-16(15)20-18(24)21-17(23)12-22-10-9-13-5-1-2-6-14(13)11-22/h1-8H,9-12H2,(H2,20,21,23,24)/p+1. The van der Waals surface area contributed by atoms with Gasteiger partial charge in [0, 0.05) is 12.0 Å². The third-order valence-electron chi connectivity index (χ3n) is 4.09. The number of amides is 3. The summed E-state index contributed by atoms with van der Waals surface area (Å²) in [5.74, 6) is -0.920. The minimum atomic E-state index is -0.720. The van der Waals surface area contributed by atoms with Crippen LogP contribution in [0.2, 0.25) is 0 Å². The average Bonchev–Trinajstić information content (AvgIpc) is 2.56. The van der Waals surface area contributed by atoms with E-state index in [0.717, 1.165) is 24.4 Å². The Hall–Kier alpha value is -2.73. The maximum absolute atomic E-state index is 13.5. The number of anilines is 1. The van der Waals surface area contributed by atoms with Gasteiger partial charge in [-0.05, 0) is 17.7 Å². The van der Waals surface area contributed by atoms with E-state index in [1.54, 1.807) is 6.07 Å². The predicted molar refractivity (Wildman–Crippen MR) is 88.1 cm³/mol. The van der Waals surface area contributed by atoms with Gasteiger partial charge in [-0.3, -0.25) is 10.1 Å². The van der Waals surface area contributed by atoms with Crippen molar-refractivity contribution < 1.29 is 18.9 Å². The molecule has 3 N–H and O–H groups in total. The van der Waals surface area contributed by atoms with Gasteiger partial charge in [0.25, 0.3) is 5.91 Å². The number of nitrogens with one attached hydrogen (secondary N) is 3. The molecule has 3 amide bonds. The molecule has 0 saturated heterocycles. The molecular weight excluding hydrogens is 309 g/mol. The molecule has 2 aromatic carbocycles. The highest BCUT2D eigenvalue weighted by molar-refractivity contribution is 6.01. The third kappa shape index (κ3) is 3.97. The summed E-state index contributed by atoms with van der Waals surface area (Å²) in [4.78, 5) is 24.9. The lowest BCUT2D eigenvalue weighted by Gasteiger charge is -2.25. The predicted octanol–water partition coefficient (Wildman–Crippen LogP) is 1.12. The van der Waals surface area contributed by atoms with Gasteiger partial charge in [0.2, 0.25) is 0 Å². The first kappa shape index (κ1) is 16.1. The molecule has 0 aliphatic carbocycles. The van der Waals surface area contributed by atoms with Crippen molar-refractivity contribution in [2.75, 3.05) is 18.4 Å². The number of imide groups is 1. The van der Waals surface area contributed by atoms with Gasteiger partial charge in [-0.25, -0.2) is 9.18 Å². The summed E-state index contributed by atoms with van der Waals surface area (Å²) in [7, 11) is 0. The summed E-state index contributed by atoms with van der Waals surface area (Å²) in [5, 5.41) is 4.59. The largest absolute Gasteiger partial charge is 0.326 e. The number of halogens is 1. The second-order valence-electron chi connectivity index (χ2n) is 5.85. The van der Waals surface area contributed by atoms with Crippen molar-refractivity contribution in [3.8, 4) is 0 Å². The molecule has 24 heavy (non-hydrogen) atoms. The maximum atomic E-state index is 13.5. The van der Waals surface area contributed by atoms with E-state index in [9.17, 15) is 14.0 Å². The zero-order valence-corrected chi connectivity index (χ0v) is 13.1. The van der Waals surface area contributed by atoms with E-state index in [1.165, 1.54) is 29.3 Å². The molecule has 3 rings (SSSR count). The van der Waals surface area contributed by atoms with Gasteiger partial charge in [0.1, 0.15) is 12.4 Å². The molecule has 2 aromatic rings. The number of benzene rings is 2. The first-order chi connectivity index (χ1) is 11.6. The normalized spacial score (nSPS) is 16.1. The molecule has 1 aliphatic rings. The van der Waals surface area contributed by atoms with Crippen LogP contribution >= 0.6 is 0 Å². The topological polar surface area (TPSA) is 62.6 Å². The fraction of sp³-hybridized carbons (Fsp3) is 0.222. The number of rotatable bonds is 3. The first-order valence-electron chi connectivity index (χ1n) is 7.87. The highest BCUT2D eigenvalue weighted by Crippen LogP contribution is 2.12. The maximum Gasteiger partial charge on any atom is 0.326 e. The molecule has 6 heteroatoms. The average molecular weight is 328 g/mol. The number of fused-ring (bicyclic) bond motifs is 1. The lowest BCUT2D eigenvalue weighted by atomic mass is 10.00. The molecule has 0 bridgehead atoms. The number of carbonyl (C=O) groups is 2. The van der Waals surface area contributed by atoms with Gasteiger partial charge in [0.05, 0.1) is 12.2 Å². The summed E-state index contributed by atoms with van der Waals surface area (Å²) in [6, 6.07) is 13.3. The minimum absolute atomic E-state index is 0.0436. The Morgan fingerprint density at radius 2 is 1.75 bits per heavy atom. The molecule has 0 spiro atoms. The van der Waals surface area contributed by atoms with Crippen LogP contribution < -0.4 is 15.5 Å². The fourth-order valence-corrected chi connectivity index (χ4v) is 2.91. The number of urea groups is 1. The first-order valence-corrected chi connectivity index (χ1v) is 7.87. The molecule has 1 unspecified atom stereocenters. The van der Waals surface area contributed by atoms with Crippen LogP contribution in [0.5, 0.6) is 0 Å². The van der Waals surface area contributed by atoms with E-state index in [1.807, 2.05) is 12.1 Å². The molecule has 0 saturated carbocycles. The van der Waals surface area contributed by atoms with E-state index in [0.29, 0.717) is 0 Å². The van der Waals surface area contributed by atoms with Crippen LogP contribution in [0.1, 0.15) is 11.1 Å². The summed E-state index contributed by atoms with van der Waals surface area (Å²) in [6.07, 6.45) is 0.917. The molecule has 1 heterocycles. The van der Waals surface area contributed by atoms with Crippen molar-refractivity contribution >= 4 is 17.6 Å². The van der Waals surface area contributed by atoms with E-state index in [4.69, 9.17) is 0 Å². The number of para-hydroxylation sites is 1. The molecule has 1 atom stereocenters. The Morgan fingerprint density at radius 1 is 1.04 bits per heavy atom. The summed E-state index contributed by atoms with van der Waals surface area (Å²) in [6.45, 7) is 1.82. The molecular formula is C18H19FN3O2+. The van der Waals surface area contributed by atoms with E-state index in [-0.39, 0.29) is 18.1 Å². The van der Waals surface area contributed by atoms with Crippen LogP contribution in [-0.2, 0) is 17.8 Å². The van der Waals surface area contributed by atoms with Crippen molar-refractivity contribution in [3.05, 3.63) is 65.5 Å². The summed E-state index contributed by atoms with van der Waals surface area (Å²) in [5.41, 5.74) is 2.60. The van der Waals surface area contributed by atoms with Crippen molar-refractivity contribution in [1.29, 1.82) is 0 Å². The monoisotopic (exact) mass is 328 g/mol. The minimum Gasteiger partial charge on any atom is -0.323 e. The van der Waals surface area contributed by atoms with E-state index >= 15 is 0 Å². The Kier molecular flexibility index (Phi) is 4.86. The van der Waals surface area contributed by atoms with Gasteiger partial charge >= 0.3 is 6.03 Å². The Balaban J connectivity index is 1.51. The third-order valence-corrected chi connectivity index (χ3v) is 4.09. The van der Waals surface area contributed by atoms with Crippen LogP contribution in [0.3, 0.4) is 0 Å². The van der Waals surface area contributed by atoms with Gasteiger partial charge in [0.15, 0.2) is 6.54 Å². The van der Waals surface area contributed by atoms with E-state index < -0.39 is 11.8 Å². The van der Waals surface area contributed by atoms with E-state index in [2.05, 4.69) is 22.8 Å². The van der Waals surface area contributed by atoms with Crippen molar-refractivity contribution in [3.63, 3.8) is 0 Å². The van der Waals surface area contributed by atoms with Crippen LogP contribution in [-0.4, -0.2) is 25.0 Å². The lowest BCUT2D eigenvalue weighted by Crippen LogP contribution is -3.13. The van der Waals surface area contributed by atoms with Gasteiger partial charge < -0.3 is 10.2 Å². The lowest BCUT2D eigenvalue weighted by molar-refractivity contribution is -0.908. The zero-order chi connectivity index (χ0) is 16.9. The molecule has 0 fully saturated rings. The number of quaternary nitrogens is 1. The Bertz CT molecular complexity index is 763. The van der Waals surface area contributed by atoms with Crippen LogP contribution in [0, 0.1) is 5.82 Å². The number of hydrogen-bond donors (Lipinski definition) is 3.